The minimum atomic E-state index is 0.635. The van der Waals surface area contributed by atoms with Gasteiger partial charge in [-0.3, -0.25) is 0 Å². The van der Waals surface area contributed by atoms with Gasteiger partial charge in [-0.15, -0.1) is 0 Å². The highest BCUT2D eigenvalue weighted by molar-refractivity contribution is 6.01. The third-order valence-corrected chi connectivity index (χ3v) is 8.63. The van der Waals surface area contributed by atoms with E-state index in [0.717, 1.165) is 50.3 Å². The molecule has 4 heteroatoms. The molecule has 0 saturated heterocycles. The maximum Gasteiger partial charge on any atom is 0.164 e. The Balaban J connectivity index is 1.23. The van der Waals surface area contributed by atoms with Gasteiger partial charge in [0.25, 0.3) is 0 Å². The van der Waals surface area contributed by atoms with Gasteiger partial charge in [0.2, 0.25) is 0 Å². The van der Waals surface area contributed by atoms with Crippen LogP contribution in [-0.2, 0) is 0 Å². The Morgan fingerprint density at radius 1 is 0.354 bits per heavy atom. The summed E-state index contributed by atoms with van der Waals surface area (Å²) in [5, 5.41) is 2.35. The Morgan fingerprint density at radius 2 is 0.812 bits per heavy atom. The van der Waals surface area contributed by atoms with Crippen molar-refractivity contribution in [2.24, 2.45) is 0 Å². The fraction of sp³-hybridized carbons (Fsp3) is 0.0227. The number of ether oxygens (including phenoxy) is 1. The van der Waals surface area contributed by atoms with Crippen molar-refractivity contribution >= 4 is 10.8 Å². The van der Waals surface area contributed by atoms with E-state index in [1.807, 2.05) is 66.7 Å². The molecule has 0 saturated carbocycles. The molecular weight excluding hydrogens is 587 g/mol. The molecule has 228 valence electrons. The number of hydrogen-bond donors (Lipinski definition) is 0. The summed E-state index contributed by atoms with van der Waals surface area (Å²) in [4.78, 5) is 14.7. The zero-order chi connectivity index (χ0) is 32.3. The van der Waals surface area contributed by atoms with E-state index in [-0.39, 0.29) is 0 Å². The first-order valence-corrected chi connectivity index (χ1v) is 16.0. The molecule has 0 unspecified atom stereocenters. The third kappa shape index (κ3) is 5.72. The minimum absolute atomic E-state index is 0.635. The molecule has 0 radical (unpaired) electrons. The minimum Gasteiger partial charge on any atom is -0.496 e. The van der Waals surface area contributed by atoms with Gasteiger partial charge in [0.05, 0.1) is 7.11 Å². The van der Waals surface area contributed by atoms with Crippen molar-refractivity contribution < 1.29 is 4.74 Å². The highest BCUT2D eigenvalue weighted by Gasteiger charge is 2.15. The van der Waals surface area contributed by atoms with Crippen LogP contribution in [0.25, 0.3) is 78.3 Å². The second-order valence-electron chi connectivity index (χ2n) is 11.6. The molecule has 0 amide bonds. The number of hydrogen-bond acceptors (Lipinski definition) is 4. The fourth-order valence-corrected chi connectivity index (χ4v) is 6.19. The zero-order valence-electron chi connectivity index (χ0n) is 26.4. The van der Waals surface area contributed by atoms with Crippen molar-refractivity contribution in [2.75, 3.05) is 7.11 Å². The molecule has 48 heavy (non-hydrogen) atoms. The smallest absolute Gasteiger partial charge is 0.164 e. The number of benzene rings is 7. The van der Waals surface area contributed by atoms with E-state index in [9.17, 15) is 0 Å². The van der Waals surface area contributed by atoms with Gasteiger partial charge in [-0.25, -0.2) is 15.0 Å². The Hall–Kier alpha value is -6.39. The molecule has 0 N–H and O–H groups in total. The van der Waals surface area contributed by atoms with Gasteiger partial charge in [0, 0.05) is 22.3 Å². The van der Waals surface area contributed by atoms with Crippen LogP contribution in [0.3, 0.4) is 0 Å². The number of methoxy groups -OCH3 is 1. The van der Waals surface area contributed by atoms with Crippen molar-refractivity contribution in [3.63, 3.8) is 0 Å². The molecule has 8 rings (SSSR count). The van der Waals surface area contributed by atoms with Crippen LogP contribution in [0.15, 0.2) is 170 Å². The van der Waals surface area contributed by atoms with Crippen LogP contribution in [0.2, 0.25) is 0 Å². The summed E-state index contributed by atoms with van der Waals surface area (Å²) in [5.41, 5.74) is 9.54. The first-order chi connectivity index (χ1) is 23.7. The standard InChI is InChI=1S/C44H31N3O/c1-48-41-26-25-35(30-13-5-2-6-14-30)28-40(41)37-27-36-19-11-12-20-38(36)39(29-37)31-21-23-34(24-22-31)44-46-42(32-15-7-3-8-16-32)45-43(47-44)33-17-9-4-10-18-33/h2-29H,1H3. The number of nitrogens with zero attached hydrogens (tertiary/aromatic N) is 3. The van der Waals surface area contributed by atoms with Gasteiger partial charge in [-0.1, -0.05) is 146 Å². The Labute approximate surface area is 280 Å². The topological polar surface area (TPSA) is 47.9 Å². The largest absolute Gasteiger partial charge is 0.496 e. The second-order valence-corrected chi connectivity index (χ2v) is 11.6. The lowest BCUT2D eigenvalue weighted by Gasteiger charge is -2.15. The third-order valence-electron chi connectivity index (χ3n) is 8.63. The highest BCUT2D eigenvalue weighted by atomic mass is 16.5. The molecule has 0 fully saturated rings. The van der Waals surface area contributed by atoms with Crippen molar-refractivity contribution in [2.45, 2.75) is 0 Å². The fourth-order valence-electron chi connectivity index (χ4n) is 6.19. The lowest BCUT2D eigenvalue weighted by molar-refractivity contribution is 0.416. The summed E-state index contributed by atoms with van der Waals surface area (Å²) < 4.78 is 5.88. The van der Waals surface area contributed by atoms with Crippen LogP contribution in [0.1, 0.15) is 0 Å². The molecule has 0 aliphatic heterocycles. The SMILES string of the molecule is COc1ccc(-c2ccccc2)cc1-c1cc(-c2ccc(-c3nc(-c4ccccc4)nc(-c4ccccc4)n3)cc2)c2ccccc2c1. The molecule has 0 aliphatic rings. The number of fused-ring (bicyclic) bond motifs is 1. The van der Waals surface area contributed by atoms with Crippen molar-refractivity contribution in [3.05, 3.63) is 170 Å². The number of rotatable bonds is 7. The van der Waals surface area contributed by atoms with Crippen molar-refractivity contribution in [3.8, 4) is 73.3 Å². The van der Waals surface area contributed by atoms with Gasteiger partial charge in [-0.05, 0) is 62.9 Å². The van der Waals surface area contributed by atoms with E-state index in [0.29, 0.717) is 17.5 Å². The van der Waals surface area contributed by atoms with Gasteiger partial charge >= 0.3 is 0 Å². The summed E-state index contributed by atoms with van der Waals surface area (Å²) in [7, 11) is 1.73. The summed E-state index contributed by atoms with van der Waals surface area (Å²) in [6, 6.07) is 58.5. The Bertz CT molecular complexity index is 2300. The molecule has 1 heterocycles. The van der Waals surface area contributed by atoms with Crippen LogP contribution in [0.5, 0.6) is 5.75 Å². The van der Waals surface area contributed by atoms with Crippen molar-refractivity contribution in [1.82, 2.24) is 15.0 Å². The summed E-state index contributed by atoms with van der Waals surface area (Å²) in [6.45, 7) is 0. The maximum absolute atomic E-state index is 5.88. The molecule has 7 aromatic carbocycles. The van der Waals surface area contributed by atoms with E-state index in [2.05, 4.69) is 103 Å². The molecule has 0 aliphatic carbocycles. The Kier molecular flexibility index (Phi) is 7.73. The molecular formula is C44H31N3O. The molecule has 0 atom stereocenters. The van der Waals surface area contributed by atoms with Crippen LogP contribution < -0.4 is 4.74 Å². The van der Waals surface area contributed by atoms with Crippen molar-refractivity contribution in [1.29, 1.82) is 0 Å². The first-order valence-electron chi connectivity index (χ1n) is 16.0. The van der Waals surface area contributed by atoms with Gasteiger partial charge < -0.3 is 4.74 Å². The first kappa shape index (κ1) is 29.0. The summed E-state index contributed by atoms with van der Waals surface area (Å²) in [6.07, 6.45) is 0. The summed E-state index contributed by atoms with van der Waals surface area (Å²) >= 11 is 0. The monoisotopic (exact) mass is 617 g/mol. The van der Waals surface area contributed by atoms with Gasteiger partial charge in [0.1, 0.15) is 5.75 Å². The predicted molar refractivity (Wildman–Crippen MR) is 197 cm³/mol. The average Bonchev–Trinajstić information content (AvgIpc) is 3.18. The van der Waals surface area contributed by atoms with E-state index in [1.165, 1.54) is 16.3 Å². The van der Waals surface area contributed by atoms with Crippen LogP contribution in [0, 0.1) is 0 Å². The molecule has 0 bridgehead atoms. The molecule has 0 spiro atoms. The lowest BCUT2D eigenvalue weighted by Crippen LogP contribution is -2.00. The van der Waals surface area contributed by atoms with E-state index in [4.69, 9.17) is 19.7 Å². The van der Waals surface area contributed by atoms with Gasteiger partial charge in [-0.2, -0.15) is 0 Å². The molecule has 1 aromatic heterocycles. The van der Waals surface area contributed by atoms with E-state index in [1.54, 1.807) is 7.11 Å². The maximum atomic E-state index is 5.88. The Morgan fingerprint density at radius 3 is 1.40 bits per heavy atom. The molecule has 8 aromatic rings. The van der Waals surface area contributed by atoms with Gasteiger partial charge in [0.15, 0.2) is 17.5 Å². The zero-order valence-corrected chi connectivity index (χ0v) is 26.4. The normalized spacial score (nSPS) is 11.0. The van der Waals surface area contributed by atoms with E-state index >= 15 is 0 Å². The molecule has 4 nitrogen and oxygen atoms in total. The van der Waals surface area contributed by atoms with Crippen LogP contribution in [0.4, 0.5) is 0 Å². The lowest BCUT2D eigenvalue weighted by atomic mass is 9.91. The highest BCUT2D eigenvalue weighted by Crippen LogP contribution is 2.40. The number of aromatic nitrogens is 3. The predicted octanol–water partition coefficient (Wildman–Crippen LogP) is 11.0. The van der Waals surface area contributed by atoms with Crippen LogP contribution >= 0.6 is 0 Å². The second kappa shape index (κ2) is 12.8. The van der Waals surface area contributed by atoms with Crippen LogP contribution in [-0.4, -0.2) is 22.1 Å². The summed E-state index contributed by atoms with van der Waals surface area (Å²) in [5.74, 6) is 2.77. The average molecular weight is 618 g/mol. The van der Waals surface area contributed by atoms with E-state index < -0.39 is 0 Å². The quantitative estimate of drug-likeness (QED) is 0.179.